The summed E-state index contributed by atoms with van der Waals surface area (Å²) in [5, 5.41) is 5.20. The Morgan fingerprint density at radius 1 is 0.422 bits per heavy atom. The van der Waals surface area contributed by atoms with E-state index in [-0.39, 0.29) is 0 Å². The monoisotopic (exact) mass is 590 g/mol. The van der Waals surface area contributed by atoms with Gasteiger partial charge < -0.3 is 9.47 Å². The zero-order valence-electron chi connectivity index (χ0n) is 24.3. The van der Waals surface area contributed by atoms with Crippen LogP contribution < -0.4 is 4.90 Å². The van der Waals surface area contributed by atoms with Crippen molar-refractivity contribution in [3.63, 3.8) is 0 Å². The van der Waals surface area contributed by atoms with E-state index in [1.165, 1.54) is 81.3 Å². The van der Waals surface area contributed by atoms with Crippen molar-refractivity contribution >= 4 is 70.4 Å². The molecule has 45 heavy (non-hydrogen) atoms. The average Bonchev–Trinajstić information content (AvgIpc) is 3.66. The number of rotatable bonds is 3. The smallest absolute Gasteiger partial charge is 0.0783 e. The minimum atomic E-state index is 1.16. The normalized spacial score (nSPS) is 12.4. The van der Waals surface area contributed by atoms with Crippen LogP contribution in [0.2, 0.25) is 0 Å². The topological polar surface area (TPSA) is 8.17 Å². The molecule has 0 amide bonds. The maximum atomic E-state index is 2.46. The van der Waals surface area contributed by atoms with Crippen molar-refractivity contribution in [2.24, 2.45) is 0 Å². The number of fused-ring (bicyclic) bond motifs is 8. The Morgan fingerprint density at radius 2 is 1.13 bits per heavy atom. The van der Waals surface area contributed by atoms with Crippen molar-refractivity contribution in [2.45, 2.75) is 0 Å². The number of aromatic nitrogens is 1. The SMILES string of the molecule is c1ccc(N2c3ccccc3-n3c4ccccc4c4cc(-c5cccc(-c6cccc7c6sc6ccccc67)c5)cc2c43)cc1. The zero-order chi connectivity index (χ0) is 29.5. The highest BCUT2D eigenvalue weighted by Gasteiger charge is 2.29. The lowest BCUT2D eigenvalue weighted by atomic mass is 9.95. The van der Waals surface area contributed by atoms with Gasteiger partial charge >= 0.3 is 0 Å². The van der Waals surface area contributed by atoms with Crippen molar-refractivity contribution < 1.29 is 0 Å². The fourth-order valence-electron chi connectivity index (χ4n) is 7.33. The van der Waals surface area contributed by atoms with Crippen LogP contribution >= 0.6 is 11.3 Å². The molecular weight excluding hydrogens is 565 g/mol. The first-order chi connectivity index (χ1) is 22.3. The highest BCUT2D eigenvalue weighted by molar-refractivity contribution is 7.26. The van der Waals surface area contributed by atoms with Crippen LogP contribution in [-0.2, 0) is 0 Å². The number of anilines is 3. The van der Waals surface area contributed by atoms with E-state index in [9.17, 15) is 0 Å². The maximum absolute atomic E-state index is 2.46. The van der Waals surface area contributed by atoms with Gasteiger partial charge in [0.2, 0.25) is 0 Å². The second-order valence-corrected chi connectivity index (χ2v) is 12.8. The lowest BCUT2D eigenvalue weighted by Crippen LogP contribution is -2.18. The van der Waals surface area contributed by atoms with Gasteiger partial charge in [-0.2, -0.15) is 0 Å². The molecule has 0 saturated heterocycles. The van der Waals surface area contributed by atoms with Crippen molar-refractivity contribution in [1.82, 2.24) is 4.57 Å². The molecule has 7 aromatic carbocycles. The summed E-state index contributed by atoms with van der Waals surface area (Å²) in [5.41, 5.74) is 12.2. The number of nitrogens with zero attached hydrogens (tertiary/aromatic N) is 2. The van der Waals surface area contributed by atoms with E-state index >= 15 is 0 Å². The molecule has 1 aliphatic heterocycles. The van der Waals surface area contributed by atoms with Crippen LogP contribution in [0.1, 0.15) is 0 Å². The van der Waals surface area contributed by atoms with Crippen molar-refractivity contribution in [3.05, 3.63) is 158 Å². The van der Waals surface area contributed by atoms with Gasteiger partial charge in [-0.25, -0.2) is 0 Å². The highest BCUT2D eigenvalue weighted by Crippen LogP contribution is 2.51. The molecule has 0 unspecified atom stereocenters. The third-order valence-corrected chi connectivity index (χ3v) is 10.5. The van der Waals surface area contributed by atoms with Crippen molar-refractivity contribution in [3.8, 4) is 27.9 Å². The molecule has 0 saturated carbocycles. The molecule has 10 rings (SSSR count). The summed E-state index contributed by atoms with van der Waals surface area (Å²) in [5.74, 6) is 0. The molecule has 9 aromatic rings. The van der Waals surface area contributed by atoms with E-state index in [0.29, 0.717) is 0 Å². The Balaban J connectivity index is 1.24. The fourth-order valence-corrected chi connectivity index (χ4v) is 8.57. The Morgan fingerprint density at radius 3 is 2.04 bits per heavy atom. The minimum Gasteiger partial charge on any atom is -0.306 e. The van der Waals surface area contributed by atoms with Crippen molar-refractivity contribution in [2.75, 3.05) is 4.90 Å². The first kappa shape index (κ1) is 24.8. The van der Waals surface area contributed by atoms with Gasteiger partial charge in [0.1, 0.15) is 0 Å². The van der Waals surface area contributed by atoms with Gasteiger partial charge in [-0.05, 0) is 76.9 Å². The predicted octanol–water partition coefficient (Wildman–Crippen LogP) is 12.3. The lowest BCUT2D eigenvalue weighted by molar-refractivity contribution is 1.11. The van der Waals surface area contributed by atoms with Gasteiger partial charge in [0.15, 0.2) is 0 Å². The highest BCUT2D eigenvalue weighted by atomic mass is 32.1. The molecular formula is C42H26N2S. The molecule has 0 radical (unpaired) electrons. The summed E-state index contributed by atoms with van der Waals surface area (Å²) in [4.78, 5) is 2.43. The number of benzene rings is 7. The van der Waals surface area contributed by atoms with Crippen LogP contribution in [0.15, 0.2) is 158 Å². The summed E-state index contributed by atoms with van der Waals surface area (Å²) in [6.07, 6.45) is 0. The standard InChI is InChI=1S/C42H26N2S/c1-2-14-30(15-3-1)43-37-21-7-8-22-38(37)44-36-20-6-4-16-32(36)35-25-29(26-39(43)41(35)44)27-12-10-13-28(24-27)31-18-11-19-34-33-17-5-9-23-40(33)45-42(31)34/h1-26H. The lowest BCUT2D eigenvalue weighted by Gasteiger charge is -2.33. The molecule has 210 valence electrons. The van der Waals surface area contributed by atoms with Crippen LogP contribution in [0.4, 0.5) is 17.1 Å². The molecule has 0 bridgehead atoms. The Labute approximate surface area is 264 Å². The first-order valence-electron chi connectivity index (χ1n) is 15.4. The third kappa shape index (κ3) is 3.56. The molecule has 0 fully saturated rings. The van der Waals surface area contributed by atoms with E-state index in [0.717, 1.165) is 5.69 Å². The number of hydrogen-bond donors (Lipinski definition) is 0. The number of para-hydroxylation sites is 4. The summed E-state index contributed by atoms with van der Waals surface area (Å²) in [6, 6.07) is 57.7. The number of thiophene rings is 1. The van der Waals surface area contributed by atoms with E-state index in [2.05, 4.69) is 167 Å². The van der Waals surface area contributed by atoms with Crippen molar-refractivity contribution in [1.29, 1.82) is 0 Å². The minimum absolute atomic E-state index is 1.16. The molecule has 0 atom stereocenters. The zero-order valence-corrected chi connectivity index (χ0v) is 25.1. The van der Waals surface area contributed by atoms with Crippen LogP contribution in [0, 0.1) is 0 Å². The van der Waals surface area contributed by atoms with Crippen LogP contribution in [0.25, 0.3) is 69.9 Å². The molecule has 3 heterocycles. The second-order valence-electron chi connectivity index (χ2n) is 11.8. The Bertz CT molecular complexity index is 2610. The molecule has 3 heteroatoms. The number of hydrogen-bond acceptors (Lipinski definition) is 2. The Kier molecular flexibility index (Phi) is 5.19. The van der Waals surface area contributed by atoms with Gasteiger partial charge in [0.25, 0.3) is 0 Å². The van der Waals surface area contributed by atoms with Crippen LogP contribution in [0.5, 0.6) is 0 Å². The summed E-state index contributed by atoms with van der Waals surface area (Å²) < 4.78 is 5.13. The molecule has 2 nitrogen and oxygen atoms in total. The molecule has 1 aliphatic rings. The fraction of sp³-hybridized carbons (Fsp3) is 0. The molecule has 0 aliphatic carbocycles. The molecule has 0 spiro atoms. The third-order valence-electron chi connectivity index (χ3n) is 9.28. The van der Waals surface area contributed by atoms with Gasteiger partial charge in [-0.3, -0.25) is 0 Å². The van der Waals surface area contributed by atoms with Gasteiger partial charge in [-0.15, -0.1) is 11.3 Å². The van der Waals surface area contributed by atoms with Gasteiger partial charge in [-0.1, -0.05) is 103 Å². The maximum Gasteiger partial charge on any atom is 0.0783 e. The van der Waals surface area contributed by atoms with Crippen LogP contribution in [-0.4, -0.2) is 4.57 Å². The van der Waals surface area contributed by atoms with E-state index < -0.39 is 0 Å². The second kappa shape index (κ2) is 9.43. The summed E-state index contributed by atoms with van der Waals surface area (Å²) in [6.45, 7) is 0. The Hall–Kier alpha value is -5.64. The largest absolute Gasteiger partial charge is 0.306 e. The first-order valence-corrected chi connectivity index (χ1v) is 16.2. The van der Waals surface area contributed by atoms with Gasteiger partial charge in [0.05, 0.1) is 28.1 Å². The molecule has 2 aromatic heterocycles. The predicted molar refractivity (Wildman–Crippen MR) is 193 cm³/mol. The van der Waals surface area contributed by atoms with Crippen LogP contribution in [0.3, 0.4) is 0 Å². The summed E-state index contributed by atoms with van der Waals surface area (Å²) >= 11 is 1.89. The average molecular weight is 591 g/mol. The van der Waals surface area contributed by atoms with E-state index in [4.69, 9.17) is 0 Å². The van der Waals surface area contributed by atoms with E-state index in [1.54, 1.807) is 0 Å². The quantitative estimate of drug-likeness (QED) is 0.199. The van der Waals surface area contributed by atoms with Gasteiger partial charge in [0, 0.05) is 36.6 Å². The van der Waals surface area contributed by atoms with E-state index in [1.807, 2.05) is 11.3 Å². The summed E-state index contributed by atoms with van der Waals surface area (Å²) in [7, 11) is 0. The molecule has 0 N–H and O–H groups in total.